The lowest BCUT2D eigenvalue weighted by molar-refractivity contribution is 0.0695. The highest BCUT2D eigenvalue weighted by atomic mass is 19.1. The first kappa shape index (κ1) is 12.1. The summed E-state index contributed by atoms with van der Waals surface area (Å²) in [6.45, 7) is 0. The van der Waals surface area contributed by atoms with Gasteiger partial charge in [0.25, 0.3) is 0 Å². The fourth-order valence-electron chi connectivity index (χ4n) is 2.70. The third kappa shape index (κ3) is 1.60. The minimum atomic E-state index is -1.30. The molecule has 6 nitrogen and oxygen atoms in total. The third-order valence-corrected chi connectivity index (χ3v) is 3.81. The van der Waals surface area contributed by atoms with E-state index in [0.29, 0.717) is 11.0 Å². The first-order valence-electron chi connectivity index (χ1n) is 6.51. The molecule has 2 heterocycles. The van der Waals surface area contributed by atoms with Crippen molar-refractivity contribution >= 4 is 27.9 Å². The molecule has 2 N–H and O–H groups in total. The highest BCUT2D eigenvalue weighted by Gasteiger charge is 2.28. The van der Waals surface area contributed by atoms with Gasteiger partial charge in [-0.05, 0) is 18.9 Å². The number of carboxylic acid groups (broad SMARTS) is 1. The van der Waals surface area contributed by atoms with Crippen molar-refractivity contribution in [3.05, 3.63) is 40.2 Å². The number of nitrogens with one attached hydrogen (secondary N) is 1. The van der Waals surface area contributed by atoms with Crippen LogP contribution in [0.4, 0.5) is 4.39 Å². The summed E-state index contributed by atoms with van der Waals surface area (Å²) in [5, 5.41) is 9.23. The summed E-state index contributed by atoms with van der Waals surface area (Å²) in [6.07, 6.45) is 4.52. The van der Waals surface area contributed by atoms with Crippen LogP contribution in [-0.2, 0) is 0 Å². The average Bonchev–Trinajstić information content (AvgIpc) is 3.16. The van der Waals surface area contributed by atoms with Crippen LogP contribution in [0.1, 0.15) is 29.2 Å². The van der Waals surface area contributed by atoms with Gasteiger partial charge in [-0.1, -0.05) is 0 Å². The molecule has 2 aromatic heterocycles. The van der Waals surface area contributed by atoms with E-state index in [0.717, 1.165) is 18.9 Å². The molecule has 0 atom stereocenters. The van der Waals surface area contributed by atoms with Gasteiger partial charge in [0.05, 0.1) is 22.7 Å². The molecule has 0 unspecified atom stereocenters. The lowest BCUT2D eigenvalue weighted by Gasteiger charge is -2.12. The van der Waals surface area contributed by atoms with E-state index in [1.165, 1.54) is 12.5 Å². The highest BCUT2D eigenvalue weighted by Crippen LogP contribution is 2.38. The molecule has 4 rings (SSSR count). The maximum Gasteiger partial charge on any atom is 0.341 e. The van der Waals surface area contributed by atoms with Gasteiger partial charge in [0.2, 0.25) is 5.43 Å². The second kappa shape index (κ2) is 3.91. The number of aromatic nitrogens is 3. The van der Waals surface area contributed by atoms with Gasteiger partial charge in [-0.3, -0.25) is 4.79 Å². The first-order chi connectivity index (χ1) is 10.1. The van der Waals surface area contributed by atoms with Crippen LogP contribution in [0.3, 0.4) is 0 Å². The molecule has 0 saturated heterocycles. The molecule has 1 fully saturated rings. The number of fused-ring (bicyclic) bond motifs is 3. The molecule has 0 aliphatic heterocycles. The second-order valence-electron chi connectivity index (χ2n) is 5.20. The Labute approximate surface area is 116 Å². The molecule has 0 amide bonds. The number of hydrogen-bond donors (Lipinski definition) is 2. The standard InChI is InChI=1S/C14H10FN3O3/c15-9-3-7-12(11-10(9)16-5-17-11)18(6-1-2-6)4-8(13(7)19)14(20)21/h3-6H,1-2H2,(H,16,17)(H,20,21). The quantitative estimate of drug-likeness (QED) is 0.755. The number of carboxylic acids is 1. The molecule has 1 aliphatic carbocycles. The molecular formula is C14H10FN3O3. The molecule has 7 heteroatoms. The van der Waals surface area contributed by atoms with Crippen LogP contribution >= 0.6 is 0 Å². The first-order valence-corrected chi connectivity index (χ1v) is 6.51. The SMILES string of the molecule is O=C(O)c1cn(C2CC2)c2c(cc(F)c3nc[nH]c32)c1=O. The Hall–Kier alpha value is -2.70. The Morgan fingerprint density at radius 3 is 2.90 bits per heavy atom. The molecule has 0 spiro atoms. The Kier molecular flexibility index (Phi) is 2.25. The number of hydrogen-bond acceptors (Lipinski definition) is 3. The van der Waals surface area contributed by atoms with Crippen LogP contribution in [0.15, 0.2) is 23.4 Å². The summed E-state index contributed by atoms with van der Waals surface area (Å²) < 4.78 is 15.8. The van der Waals surface area contributed by atoms with Gasteiger partial charge in [0.15, 0.2) is 5.82 Å². The normalized spacial score (nSPS) is 14.9. The summed E-state index contributed by atoms with van der Waals surface area (Å²) in [4.78, 5) is 30.3. The van der Waals surface area contributed by atoms with E-state index in [-0.39, 0.29) is 22.5 Å². The number of imidazole rings is 1. The zero-order valence-corrected chi connectivity index (χ0v) is 10.8. The van der Waals surface area contributed by atoms with E-state index < -0.39 is 17.2 Å². The number of nitrogens with zero attached hydrogens (tertiary/aromatic N) is 2. The van der Waals surface area contributed by atoms with E-state index >= 15 is 0 Å². The number of aromatic amines is 1. The van der Waals surface area contributed by atoms with E-state index in [1.54, 1.807) is 4.57 Å². The Morgan fingerprint density at radius 1 is 1.48 bits per heavy atom. The highest BCUT2D eigenvalue weighted by molar-refractivity contribution is 6.04. The van der Waals surface area contributed by atoms with Crippen molar-refractivity contribution in [3.63, 3.8) is 0 Å². The molecular weight excluding hydrogens is 277 g/mol. The molecule has 0 bridgehead atoms. The van der Waals surface area contributed by atoms with Crippen molar-refractivity contribution in [3.8, 4) is 0 Å². The van der Waals surface area contributed by atoms with Crippen LogP contribution in [0, 0.1) is 5.82 Å². The Balaban J connectivity index is 2.27. The Morgan fingerprint density at radius 2 is 2.24 bits per heavy atom. The van der Waals surface area contributed by atoms with Crippen molar-refractivity contribution < 1.29 is 14.3 Å². The number of halogens is 1. The fraction of sp³-hybridized carbons (Fsp3) is 0.214. The van der Waals surface area contributed by atoms with Crippen LogP contribution in [0.2, 0.25) is 0 Å². The lowest BCUT2D eigenvalue weighted by Crippen LogP contribution is -2.19. The van der Waals surface area contributed by atoms with Crippen molar-refractivity contribution in [2.45, 2.75) is 18.9 Å². The molecule has 21 heavy (non-hydrogen) atoms. The predicted octanol–water partition coefficient (Wildman–Crippen LogP) is 2.05. The molecule has 106 valence electrons. The van der Waals surface area contributed by atoms with Gasteiger partial charge < -0.3 is 14.7 Å². The third-order valence-electron chi connectivity index (χ3n) is 3.81. The van der Waals surface area contributed by atoms with Gasteiger partial charge in [-0.25, -0.2) is 14.2 Å². The van der Waals surface area contributed by atoms with Gasteiger partial charge in [-0.15, -0.1) is 0 Å². The monoisotopic (exact) mass is 287 g/mol. The van der Waals surface area contributed by atoms with Crippen molar-refractivity contribution in [2.75, 3.05) is 0 Å². The smallest absolute Gasteiger partial charge is 0.341 e. The number of pyridine rings is 1. The van der Waals surface area contributed by atoms with E-state index in [9.17, 15) is 14.0 Å². The predicted molar refractivity (Wildman–Crippen MR) is 73.0 cm³/mol. The summed E-state index contributed by atoms with van der Waals surface area (Å²) in [5.74, 6) is -1.94. The number of rotatable bonds is 2. The van der Waals surface area contributed by atoms with Crippen LogP contribution in [0.5, 0.6) is 0 Å². The lowest BCUT2D eigenvalue weighted by atomic mass is 10.1. The molecule has 1 aliphatic rings. The van der Waals surface area contributed by atoms with Gasteiger partial charge in [0, 0.05) is 12.2 Å². The summed E-state index contributed by atoms with van der Waals surface area (Å²) in [7, 11) is 0. The second-order valence-corrected chi connectivity index (χ2v) is 5.20. The number of H-pyrrole nitrogens is 1. The Bertz CT molecular complexity index is 969. The minimum Gasteiger partial charge on any atom is -0.477 e. The maximum atomic E-state index is 14.0. The van der Waals surface area contributed by atoms with Crippen molar-refractivity contribution in [1.82, 2.24) is 14.5 Å². The fourth-order valence-corrected chi connectivity index (χ4v) is 2.70. The summed E-state index contributed by atoms with van der Waals surface area (Å²) in [6, 6.07) is 1.22. The molecule has 1 saturated carbocycles. The number of benzene rings is 1. The molecule has 0 radical (unpaired) electrons. The van der Waals surface area contributed by atoms with E-state index in [4.69, 9.17) is 5.11 Å². The van der Waals surface area contributed by atoms with Crippen LogP contribution in [0.25, 0.3) is 21.9 Å². The van der Waals surface area contributed by atoms with E-state index in [2.05, 4.69) is 9.97 Å². The zero-order valence-electron chi connectivity index (χ0n) is 10.8. The minimum absolute atomic E-state index is 0.0658. The topological polar surface area (TPSA) is 88.0 Å². The van der Waals surface area contributed by atoms with E-state index in [1.807, 2.05) is 0 Å². The zero-order chi connectivity index (χ0) is 14.7. The van der Waals surface area contributed by atoms with Crippen LogP contribution < -0.4 is 5.43 Å². The molecule has 3 aromatic rings. The molecule has 1 aromatic carbocycles. The van der Waals surface area contributed by atoms with Crippen molar-refractivity contribution in [2.24, 2.45) is 0 Å². The summed E-state index contributed by atoms with van der Waals surface area (Å²) >= 11 is 0. The average molecular weight is 287 g/mol. The summed E-state index contributed by atoms with van der Waals surface area (Å²) in [5.41, 5.74) is 0.0733. The van der Waals surface area contributed by atoms with Gasteiger partial charge >= 0.3 is 5.97 Å². The van der Waals surface area contributed by atoms with Gasteiger partial charge in [0.1, 0.15) is 11.1 Å². The number of carbonyl (C=O) groups is 1. The number of aromatic carboxylic acids is 1. The maximum absolute atomic E-state index is 14.0. The largest absolute Gasteiger partial charge is 0.477 e. The van der Waals surface area contributed by atoms with Crippen LogP contribution in [-0.4, -0.2) is 25.6 Å². The van der Waals surface area contributed by atoms with Gasteiger partial charge in [-0.2, -0.15) is 0 Å². The van der Waals surface area contributed by atoms with Crippen molar-refractivity contribution in [1.29, 1.82) is 0 Å².